The Balaban J connectivity index is -0.00000180. The number of ether oxygens (including phenoxy) is 1. The van der Waals surface area contributed by atoms with Crippen molar-refractivity contribution in [3.63, 3.8) is 0 Å². The third-order valence-electron chi connectivity index (χ3n) is 2.59. The van der Waals surface area contributed by atoms with Crippen LogP contribution in [0.25, 0.3) is 10.6 Å². The topological polar surface area (TPSA) is 71.6 Å². The van der Waals surface area contributed by atoms with Gasteiger partial charge in [-0.25, -0.2) is 0 Å². The molecule has 7 heteroatoms. The van der Waals surface area contributed by atoms with Crippen LogP contribution in [-0.4, -0.2) is 44.5 Å². The second-order valence-corrected chi connectivity index (χ2v) is 5.56. The van der Waals surface area contributed by atoms with Gasteiger partial charge in [0.05, 0.1) is 5.91 Å². The van der Waals surface area contributed by atoms with E-state index in [-0.39, 0.29) is 140 Å². The van der Waals surface area contributed by atoms with Gasteiger partial charge in [0.2, 0.25) is 0 Å². The second kappa shape index (κ2) is 20.0. The van der Waals surface area contributed by atoms with Crippen LogP contribution in [0.1, 0.15) is 40.5 Å². The number of carbonyl (C=O) groups is 2. The summed E-state index contributed by atoms with van der Waals surface area (Å²) in [4.78, 5) is 22.7. The molecule has 0 bridgehead atoms. The van der Waals surface area contributed by atoms with Crippen LogP contribution in [0.3, 0.4) is 0 Å². The van der Waals surface area contributed by atoms with Gasteiger partial charge in [0.15, 0.2) is 0 Å². The van der Waals surface area contributed by atoms with Gasteiger partial charge in [-0.15, -0.1) is 19.6 Å². The van der Waals surface area contributed by atoms with Gasteiger partial charge in [-0.05, 0) is 6.42 Å². The average Bonchev–Trinajstić information content (AvgIpc) is 2.36. The Hall–Kier alpha value is 2.67. The number of hydrogen-bond acceptors (Lipinski definition) is 3. The fourth-order valence-corrected chi connectivity index (χ4v) is 1.37. The molecule has 0 spiro atoms. The van der Waals surface area contributed by atoms with Crippen molar-refractivity contribution in [2.75, 3.05) is 32.8 Å². The van der Waals surface area contributed by atoms with Crippen LogP contribution in [0.15, 0.2) is 0 Å². The van der Waals surface area contributed by atoms with Crippen LogP contribution in [0.4, 0.5) is 0 Å². The van der Waals surface area contributed by atoms with Crippen LogP contribution in [0, 0.1) is 11.8 Å². The van der Waals surface area contributed by atoms with E-state index >= 15 is 0 Å². The fraction of sp³-hybridized carbons (Fsp3) is 0.867. The summed E-state index contributed by atoms with van der Waals surface area (Å²) in [6.07, 6.45) is 0.804. The van der Waals surface area contributed by atoms with Crippen LogP contribution < -0.4 is 116 Å². The van der Waals surface area contributed by atoms with E-state index in [0.29, 0.717) is 25.7 Å². The molecular weight excluding hydrogens is 427 g/mol. The molecule has 0 aromatic rings. The number of amides is 1. The first-order chi connectivity index (χ1) is 9.43. The molecule has 0 rings (SSSR count). The largest absolute Gasteiger partial charge is 1.00 e. The molecule has 0 heterocycles. The van der Waals surface area contributed by atoms with Crippen molar-refractivity contribution < 1.29 is 131 Å². The summed E-state index contributed by atoms with van der Waals surface area (Å²) in [5, 5.41) is 8.17. The van der Waals surface area contributed by atoms with Crippen LogP contribution in [0.2, 0.25) is 0 Å². The van der Waals surface area contributed by atoms with Gasteiger partial charge in [0, 0.05) is 25.6 Å². The standard InChI is InChI=1S/C15H29N2O3.2Rb/c1-12(2)11-16-6-5-8-20-9-7-17-15(19)10-14(18)13(3)4;;/h12-13H,5-11H2,1-4H3,(H,17,19);;/q-1;2*+1/p-1. The Morgan fingerprint density at radius 2 is 1.64 bits per heavy atom. The Bertz CT molecular complexity index is 288. The molecule has 0 aliphatic heterocycles. The van der Waals surface area contributed by atoms with Crippen molar-refractivity contribution in [2.24, 2.45) is 11.8 Å². The summed E-state index contributed by atoms with van der Waals surface area (Å²) < 4.78 is 5.35. The van der Waals surface area contributed by atoms with Crippen molar-refractivity contribution in [1.29, 1.82) is 0 Å². The molecule has 0 saturated heterocycles. The number of Topliss-reactive ketones (excluding diaryl/α,β-unsaturated/α-hetero) is 1. The van der Waals surface area contributed by atoms with Gasteiger partial charge in [-0.3, -0.25) is 4.79 Å². The average molecular weight is 455 g/mol. The molecule has 5 nitrogen and oxygen atoms in total. The Morgan fingerprint density at radius 3 is 2.18 bits per heavy atom. The molecule has 0 fully saturated rings. The van der Waals surface area contributed by atoms with Crippen LogP contribution >= 0.6 is 0 Å². The molecule has 0 unspecified atom stereocenters. The molecule has 1 amide bonds. The first kappa shape index (κ1) is 29.4. The summed E-state index contributed by atoms with van der Waals surface area (Å²) >= 11 is 0. The molecule has 0 saturated carbocycles. The quantitative estimate of drug-likeness (QED) is 0.232. The van der Waals surface area contributed by atoms with Gasteiger partial charge in [0.25, 0.3) is 0 Å². The smallest absolute Gasteiger partial charge is 0.662 e. The molecule has 0 atom stereocenters. The monoisotopic (exact) mass is 454 g/mol. The second-order valence-electron chi connectivity index (χ2n) is 5.56. The summed E-state index contributed by atoms with van der Waals surface area (Å²) in [5.74, 6) is 0.0833. The van der Waals surface area contributed by atoms with Crippen molar-refractivity contribution in [2.45, 2.75) is 40.5 Å². The number of ketones is 1. The third kappa shape index (κ3) is 20.7. The first-order valence-electron chi connectivity index (χ1n) is 7.37. The fourth-order valence-electron chi connectivity index (χ4n) is 1.37. The molecule has 0 N–H and O–H groups in total. The van der Waals surface area contributed by atoms with Crippen molar-refractivity contribution in [1.82, 2.24) is 0 Å². The summed E-state index contributed by atoms with van der Waals surface area (Å²) in [6.45, 7) is 10.9. The molecule has 118 valence electrons. The number of hydrogen-bond donors (Lipinski definition) is 0. The van der Waals surface area contributed by atoms with Gasteiger partial charge in [-0.1, -0.05) is 33.6 Å². The zero-order valence-electron chi connectivity index (χ0n) is 15.2. The van der Waals surface area contributed by atoms with E-state index in [1.807, 2.05) is 0 Å². The maximum atomic E-state index is 11.3. The normalized spacial score (nSPS) is 10.1. The van der Waals surface area contributed by atoms with E-state index < -0.39 is 0 Å². The minimum absolute atomic E-state index is 0. The molecule has 0 aromatic heterocycles. The van der Waals surface area contributed by atoms with E-state index in [1.54, 1.807) is 13.8 Å². The Morgan fingerprint density at radius 1 is 1.00 bits per heavy atom. The van der Waals surface area contributed by atoms with E-state index in [1.165, 1.54) is 0 Å². The number of nitrogens with zero attached hydrogens (tertiary/aromatic N) is 2. The Labute approximate surface area is 233 Å². The van der Waals surface area contributed by atoms with Gasteiger partial charge in [0.1, 0.15) is 5.78 Å². The molecule has 22 heavy (non-hydrogen) atoms. The predicted molar refractivity (Wildman–Crippen MR) is 81.1 cm³/mol. The van der Waals surface area contributed by atoms with E-state index in [9.17, 15) is 9.59 Å². The maximum absolute atomic E-state index is 11.3. The van der Waals surface area contributed by atoms with Gasteiger partial charge < -0.3 is 20.2 Å². The molecular formula is C15H28N2O3Rb2. The summed E-state index contributed by atoms with van der Waals surface area (Å²) in [6, 6.07) is 0. The van der Waals surface area contributed by atoms with Crippen molar-refractivity contribution in [3.8, 4) is 0 Å². The van der Waals surface area contributed by atoms with Gasteiger partial charge in [-0.2, -0.15) is 0 Å². The van der Waals surface area contributed by atoms with E-state index in [4.69, 9.17) is 4.74 Å². The summed E-state index contributed by atoms with van der Waals surface area (Å²) in [7, 11) is 0. The number of rotatable bonds is 12. The molecule has 0 aromatic carbocycles. The van der Waals surface area contributed by atoms with Crippen LogP contribution in [0.5, 0.6) is 0 Å². The van der Waals surface area contributed by atoms with Crippen LogP contribution in [-0.2, 0) is 14.3 Å². The zero-order valence-corrected chi connectivity index (χ0v) is 25.1. The first-order valence-corrected chi connectivity index (χ1v) is 7.37. The SMILES string of the molecule is CC(C)C[N-]CCCOCC[N-]C(=O)CC(=O)C(C)C.[Rb+].[Rb+]. The minimum Gasteiger partial charge on any atom is -0.662 e. The maximum Gasteiger partial charge on any atom is 1.00 e. The molecule has 0 radical (unpaired) electrons. The van der Waals surface area contributed by atoms with Crippen molar-refractivity contribution >= 4 is 11.7 Å². The molecule has 0 aliphatic carbocycles. The number of carbonyl (C=O) groups excluding carboxylic acids is 2. The summed E-state index contributed by atoms with van der Waals surface area (Å²) in [5.41, 5.74) is 0. The van der Waals surface area contributed by atoms with Crippen molar-refractivity contribution in [3.05, 3.63) is 10.6 Å². The molecule has 0 aliphatic rings. The Kier molecular flexibility index (Phi) is 26.7. The van der Waals surface area contributed by atoms with E-state index in [2.05, 4.69) is 24.5 Å². The zero-order chi connectivity index (χ0) is 15.4. The van der Waals surface area contributed by atoms with E-state index in [0.717, 1.165) is 19.5 Å². The third-order valence-corrected chi connectivity index (χ3v) is 2.59. The minimum atomic E-state index is -0.348. The van der Waals surface area contributed by atoms with Gasteiger partial charge >= 0.3 is 116 Å². The predicted octanol–water partition coefficient (Wildman–Crippen LogP) is -3.05.